The molecular weight excluding hydrogens is 246 g/mol. The van der Waals surface area contributed by atoms with Crippen molar-refractivity contribution in [1.29, 1.82) is 0 Å². The van der Waals surface area contributed by atoms with Gasteiger partial charge in [0.15, 0.2) is 0 Å². The maximum absolute atomic E-state index is 12.1. The van der Waals surface area contributed by atoms with Crippen LogP contribution < -0.4 is 5.32 Å². The van der Waals surface area contributed by atoms with Crippen molar-refractivity contribution in [1.82, 2.24) is 5.32 Å². The first-order valence-electron chi connectivity index (χ1n) is 7.26. The van der Waals surface area contributed by atoms with Gasteiger partial charge in [0.1, 0.15) is 0 Å². The highest BCUT2D eigenvalue weighted by Crippen LogP contribution is 2.31. The van der Waals surface area contributed by atoms with Crippen LogP contribution in [-0.2, 0) is 9.59 Å². The zero-order chi connectivity index (χ0) is 13.8. The molecule has 2 aliphatic carbocycles. The summed E-state index contributed by atoms with van der Waals surface area (Å²) in [7, 11) is 0. The molecule has 0 spiro atoms. The average Bonchev–Trinajstić information content (AvgIpc) is 2.81. The van der Waals surface area contributed by atoms with Crippen molar-refractivity contribution in [2.75, 3.05) is 6.54 Å². The van der Waals surface area contributed by atoms with E-state index in [2.05, 4.69) is 5.32 Å². The third-order valence-corrected chi connectivity index (χ3v) is 4.50. The standard InChI is InChI=1S/C14H23NO4/c16-10-6-5-9(7-10)8-15-13(17)11-3-1-2-4-12(11)14(18)19/h9-12,16H,1-8H2,(H,15,17)(H,18,19). The lowest BCUT2D eigenvalue weighted by atomic mass is 9.78. The number of aliphatic hydroxyl groups is 1. The van der Waals surface area contributed by atoms with E-state index in [1.54, 1.807) is 0 Å². The summed E-state index contributed by atoms with van der Waals surface area (Å²) < 4.78 is 0. The molecule has 2 rings (SSSR count). The molecule has 2 aliphatic rings. The van der Waals surface area contributed by atoms with Gasteiger partial charge >= 0.3 is 5.97 Å². The minimum Gasteiger partial charge on any atom is -0.481 e. The Balaban J connectivity index is 1.82. The minimum absolute atomic E-state index is 0.117. The fourth-order valence-corrected chi connectivity index (χ4v) is 3.35. The van der Waals surface area contributed by atoms with E-state index in [-0.39, 0.29) is 17.9 Å². The maximum atomic E-state index is 12.1. The van der Waals surface area contributed by atoms with Gasteiger partial charge in [0.25, 0.3) is 0 Å². The molecule has 19 heavy (non-hydrogen) atoms. The molecule has 0 radical (unpaired) electrons. The fourth-order valence-electron chi connectivity index (χ4n) is 3.35. The number of aliphatic carboxylic acids is 1. The molecule has 108 valence electrons. The third-order valence-electron chi connectivity index (χ3n) is 4.50. The number of carbonyl (C=O) groups is 2. The molecule has 5 heteroatoms. The topological polar surface area (TPSA) is 86.6 Å². The van der Waals surface area contributed by atoms with Crippen LogP contribution in [0, 0.1) is 17.8 Å². The van der Waals surface area contributed by atoms with Crippen molar-refractivity contribution in [3.05, 3.63) is 0 Å². The number of nitrogens with one attached hydrogen (secondary N) is 1. The predicted octanol–water partition coefficient (Wildman–Crippen LogP) is 1.15. The van der Waals surface area contributed by atoms with Crippen LogP contribution in [0.3, 0.4) is 0 Å². The van der Waals surface area contributed by atoms with E-state index in [1.807, 2.05) is 0 Å². The van der Waals surface area contributed by atoms with E-state index in [0.717, 1.165) is 32.1 Å². The van der Waals surface area contributed by atoms with Gasteiger partial charge in [-0.3, -0.25) is 9.59 Å². The van der Waals surface area contributed by atoms with Crippen molar-refractivity contribution in [2.45, 2.75) is 51.0 Å². The predicted molar refractivity (Wildman–Crippen MR) is 69.4 cm³/mol. The summed E-state index contributed by atoms with van der Waals surface area (Å²) >= 11 is 0. The zero-order valence-electron chi connectivity index (χ0n) is 11.2. The average molecular weight is 269 g/mol. The highest BCUT2D eigenvalue weighted by molar-refractivity contribution is 5.84. The first-order valence-corrected chi connectivity index (χ1v) is 7.26. The highest BCUT2D eigenvalue weighted by atomic mass is 16.4. The van der Waals surface area contributed by atoms with Crippen LogP contribution in [0.4, 0.5) is 0 Å². The molecule has 0 heterocycles. The van der Waals surface area contributed by atoms with E-state index in [0.29, 0.717) is 25.3 Å². The zero-order valence-corrected chi connectivity index (χ0v) is 11.2. The third kappa shape index (κ3) is 3.69. The Morgan fingerprint density at radius 1 is 1.05 bits per heavy atom. The van der Waals surface area contributed by atoms with Gasteiger partial charge in [-0.15, -0.1) is 0 Å². The Morgan fingerprint density at radius 2 is 1.74 bits per heavy atom. The van der Waals surface area contributed by atoms with Crippen LogP contribution in [-0.4, -0.2) is 34.7 Å². The molecule has 1 amide bonds. The molecule has 0 aromatic heterocycles. The van der Waals surface area contributed by atoms with Crippen LogP contribution in [0.15, 0.2) is 0 Å². The number of rotatable bonds is 4. The smallest absolute Gasteiger partial charge is 0.307 e. The Hall–Kier alpha value is -1.10. The highest BCUT2D eigenvalue weighted by Gasteiger charge is 2.36. The minimum atomic E-state index is -0.851. The van der Waals surface area contributed by atoms with E-state index in [1.165, 1.54) is 0 Å². The van der Waals surface area contributed by atoms with Gasteiger partial charge in [-0.25, -0.2) is 0 Å². The lowest BCUT2D eigenvalue weighted by Gasteiger charge is -2.27. The van der Waals surface area contributed by atoms with Crippen LogP contribution in [0.5, 0.6) is 0 Å². The second-order valence-electron chi connectivity index (χ2n) is 5.91. The Bertz CT molecular complexity index is 344. The quantitative estimate of drug-likeness (QED) is 0.714. The molecule has 2 fully saturated rings. The summed E-state index contributed by atoms with van der Waals surface area (Å²) in [5.74, 6) is -1.53. The molecule has 0 bridgehead atoms. The molecule has 0 aromatic carbocycles. The molecule has 0 aromatic rings. The number of carboxylic acid groups (broad SMARTS) is 1. The Kier molecular flexibility index (Phi) is 4.80. The number of hydrogen-bond acceptors (Lipinski definition) is 3. The SMILES string of the molecule is O=C(O)C1CCCCC1C(=O)NCC1CCC(O)C1. The van der Waals surface area contributed by atoms with Gasteiger partial charge in [-0.2, -0.15) is 0 Å². The van der Waals surface area contributed by atoms with Crippen molar-refractivity contribution >= 4 is 11.9 Å². The first kappa shape index (κ1) is 14.3. The van der Waals surface area contributed by atoms with E-state index < -0.39 is 11.9 Å². The second-order valence-corrected chi connectivity index (χ2v) is 5.91. The molecule has 0 aliphatic heterocycles. The number of aliphatic hydroxyl groups excluding tert-OH is 1. The normalized spacial score (nSPS) is 35.0. The van der Waals surface area contributed by atoms with Crippen molar-refractivity contribution in [2.24, 2.45) is 17.8 Å². The summed E-state index contributed by atoms with van der Waals surface area (Å²) in [6, 6.07) is 0. The van der Waals surface area contributed by atoms with Gasteiger partial charge in [-0.1, -0.05) is 12.8 Å². The maximum Gasteiger partial charge on any atom is 0.307 e. The first-order chi connectivity index (χ1) is 9.08. The number of carbonyl (C=O) groups excluding carboxylic acids is 1. The largest absolute Gasteiger partial charge is 0.481 e. The van der Waals surface area contributed by atoms with Crippen LogP contribution in [0.2, 0.25) is 0 Å². The van der Waals surface area contributed by atoms with Crippen LogP contribution >= 0.6 is 0 Å². The van der Waals surface area contributed by atoms with Gasteiger partial charge in [0.05, 0.1) is 17.9 Å². The summed E-state index contributed by atoms with van der Waals surface area (Å²) in [6.45, 7) is 0.568. The van der Waals surface area contributed by atoms with Gasteiger partial charge < -0.3 is 15.5 Å². The second kappa shape index (κ2) is 6.37. The number of amides is 1. The lowest BCUT2D eigenvalue weighted by Crippen LogP contribution is -2.41. The van der Waals surface area contributed by atoms with Crippen molar-refractivity contribution in [3.8, 4) is 0 Å². The Labute approximate surface area is 113 Å². The summed E-state index contributed by atoms with van der Waals surface area (Å²) in [5, 5.41) is 21.5. The van der Waals surface area contributed by atoms with Crippen molar-refractivity contribution in [3.63, 3.8) is 0 Å². The summed E-state index contributed by atoms with van der Waals surface area (Å²) in [6.07, 6.45) is 5.37. The fraction of sp³-hybridized carbons (Fsp3) is 0.857. The van der Waals surface area contributed by atoms with E-state index in [9.17, 15) is 14.7 Å². The molecular formula is C14H23NO4. The molecule has 4 atom stereocenters. The monoisotopic (exact) mass is 269 g/mol. The number of carboxylic acids is 1. The Morgan fingerprint density at radius 3 is 2.32 bits per heavy atom. The molecule has 3 N–H and O–H groups in total. The van der Waals surface area contributed by atoms with Crippen LogP contribution in [0.1, 0.15) is 44.9 Å². The molecule has 5 nitrogen and oxygen atoms in total. The van der Waals surface area contributed by atoms with Crippen molar-refractivity contribution < 1.29 is 19.8 Å². The van der Waals surface area contributed by atoms with E-state index >= 15 is 0 Å². The summed E-state index contributed by atoms with van der Waals surface area (Å²) in [5.41, 5.74) is 0. The van der Waals surface area contributed by atoms with E-state index in [4.69, 9.17) is 5.11 Å². The van der Waals surface area contributed by atoms with Crippen LogP contribution in [0.25, 0.3) is 0 Å². The lowest BCUT2D eigenvalue weighted by molar-refractivity contribution is -0.148. The van der Waals surface area contributed by atoms with Gasteiger partial charge in [0.2, 0.25) is 5.91 Å². The van der Waals surface area contributed by atoms with Gasteiger partial charge in [0, 0.05) is 6.54 Å². The molecule has 0 saturated heterocycles. The number of hydrogen-bond donors (Lipinski definition) is 3. The molecule has 4 unspecified atom stereocenters. The molecule has 2 saturated carbocycles. The summed E-state index contributed by atoms with van der Waals surface area (Å²) in [4.78, 5) is 23.3. The van der Waals surface area contributed by atoms with Gasteiger partial charge in [-0.05, 0) is 38.0 Å².